The van der Waals surface area contributed by atoms with Crippen molar-refractivity contribution in [2.45, 2.75) is 24.0 Å². The first-order valence-corrected chi connectivity index (χ1v) is 9.13. The van der Waals surface area contributed by atoms with Crippen LogP contribution in [0.15, 0.2) is 16.3 Å². The third-order valence-corrected chi connectivity index (χ3v) is 7.00. The van der Waals surface area contributed by atoms with E-state index in [2.05, 4.69) is 12.2 Å². The molecule has 1 aromatic rings. The minimum atomic E-state index is -3.34. The van der Waals surface area contributed by atoms with E-state index in [1.807, 2.05) is 0 Å². The highest BCUT2D eigenvalue weighted by Gasteiger charge is 2.30. The van der Waals surface area contributed by atoms with E-state index in [1.54, 1.807) is 16.4 Å². The van der Waals surface area contributed by atoms with Crippen molar-refractivity contribution in [1.82, 2.24) is 9.62 Å². The van der Waals surface area contributed by atoms with Crippen LogP contribution in [0, 0.1) is 5.92 Å². The molecule has 4 nitrogen and oxygen atoms in total. The lowest BCUT2D eigenvalue weighted by atomic mass is 9.98. The summed E-state index contributed by atoms with van der Waals surface area (Å²) in [5, 5.41) is 3.32. The molecule has 1 aliphatic rings. The zero-order chi connectivity index (χ0) is 13.9. The van der Waals surface area contributed by atoms with E-state index in [-0.39, 0.29) is 0 Å². The van der Waals surface area contributed by atoms with Gasteiger partial charge in [-0.25, -0.2) is 8.42 Å². The first-order chi connectivity index (χ1) is 9.04. The van der Waals surface area contributed by atoms with E-state index in [0.717, 1.165) is 37.3 Å². The molecule has 108 valence electrons. The summed E-state index contributed by atoms with van der Waals surface area (Å²) in [7, 11) is -3.34. The molecule has 1 fully saturated rings. The van der Waals surface area contributed by atoms with Crippen LogP contribution in [0.4, 0.5) is 0 Å². The fourth-order valence-electron chi connectivity index (χ4n) is 2.27. The predicted octanol–water partition coefficient (Wildman–Crippen LogP) is 2.41. The molecule has 0 radical (unpaired) electrons. The zero-order valence-corrected chi connectivity index (χ0v) is 13.3. The zero-order valence-electron chi connectivity index (χ0n) is 10.9. The van der Waals surface area contributed by atoms with Crippen LogP contribution in [0.1, 0.15) is 19.8 Å². The van der Waals surface area contributed by atoms with E-state index in [9.17, 15) is 8.42 Å². The van der Waals surface area contributed by atoms with E-state index in [4.69, 9.17) is 11.6 Å². The van der Waals surface area contributed by atoms with Crippen molar-refractivity contribution in [3.63, 3.8) is 0 Å². The summed E-state index contributed by atoms with van der Waals surface area (Å²) in [6, 6.07) is 3.23. The van der Waals surface area contributed by atoms with E-state index in [1.165, 1.54) is 0 Å². The van der Waals surface area contributed by atoms with Gasteiger partial charge in [0, 0.05) is 13.1 Å². The van der Waals surface area contributed by atoms with Gasteiger partial charge in [-0.1, -0.05) is 18.5 Å². The summed E-state index contributed by atoms with van der Waals surface area (Å²) < 4.78 is 27.2. The Morgan fingerprint density at radius 2 is 2.11 bits per heavy atom. The summed E-state index contributed by atoms with van der Waals surface area (Å²) in [4.78, 5) is 0. The maximum absolute atomic E-state index is 12.4. The second kappa shape index (κ2) is 6.54. The van der Waals surface area contributed by atoms with E-state index < -0.39 is 10.0 Å². The highest BCUT2D eigenvalue weighted by atomic mass is 35.5. The maximum atomic E-state index is 12.4. The lowest BCUT2D eigenvalue weighted by Crippen LogP contribution is -2.40. The number of hydrogen-bond donors (Lipinski definition) is 1. The quantitative estimate of drug-likeness (QED) is 0.905. The van der Waals surface area contributed by atoms with Gasteiger partial charge in [0.15, 0.2) is 0 Å². The van der Waals surface area contributed by atoms with Crippen LogP contribution in [0.25, 0.3) is 0 Å². The average Bonchev–Trinajstić information content (AvgIpc) is 2.84. The average molecular weight is 323 g/mol. The lowest BCUT2D eigenvalue weighted by molar-refractivity contribution is 0.269. The number of thiophene rings is 1. The van der Waals surface area contributed by atoms with E-state index in [0.29, 0.717) is 27.6 Å². The molecular formula is C12H19ClN2O2S2. The molecule has 0 unspecified atom stereocenters. The molecule has 1 aromatic heterocycles. The van der Waals surface area contributed by atoms with Gasteiger partial charge in [-0.2, -0.15) is 4.31 Å². The Labute approximate surface area is 123 Å². The fourth-order valence-corrected chi connectivity index (χ4v) is 5.37. The van der Waals surface area contributed by atoms with Gasteiger partial charge in [-0.15, -0.1) is 11.3 Å². The highest BCUT2D eigenvalue weighted by Crippen LogP contribution is 2.30. The molecule has 1 saturated heterocycles. The van der Waals surface area contributed by atoms with Gasteiger partial charge in [0.25, 0.3) is 10.0 Å². The number of sulfonamides is 1. The van der Waals surface area contributed by atoms with Crippen molar-refractivity contribution in [3.8, 4) is 0 Å². The Morgan fingerprint density at radius 3 is 2.63 bits per heavy atom. The normalized spacial score (nSPS) is 18.8. The van der Waals surface area contributed by atoms with Gasteiger partial charge in [0.05, 0.1) is 4.34 Å². The maximum Gasteiger partial charge on any atom is 0.252 e. The van der Waals surface area contributed by atoms with Crippen LogP contribution in [0.5, 0.6) is 0 Å². The number of rotatable bonds is 5. The first-order valence-electron chi connectivity index (χ1n) is 6.50. The molecular weight excluding hydrogens is 304 g/mol. The van der Waals surface area contributed by atoms with Crippen LogP contribution in [0.3, 0.4) is 0 Å². The minimum Gasteiger partial charge on any atom is -0.317 e. The van der Waals surface area contributed by atoms with Gasteiger partial charge in [0.2, 0.25) is 0 Å². The second-order valence-electron chi connectivity index (χ2n) is 4.71. The minimum absolute atomic E-state index is 0.350. The van der Waals surface area contributed by atoms with Crippen LogP contribution in [-0.4, -0.2) is 38.9 Å². The summed E-state index contributed by atoms with van der Waals surface area (Å²) >= 11 is 6.94. The van der Waals surface area contributed by atoms with Crippen molar-refractivity contribution >= 4 is 33.0 Å². The van der Waals surface area contributed by atoms with E-state index >= 15 is 0 Å². The number of halogens is 1. The lowest BCUT2D eigenvalue weighted by Gasteiger charge is -2.30. The van der Waals surface area contributed by atoms with Crippen LogP contribution in [-0.2, 0) is 10.0 Å². The Balaban J connectivity index is 1.97. The molecule has 19 heavy (non-hydrogen) atoms. The fraction of sp³-hybridized carbons (Fsp3) is 0.667. The van der Waals surface area contributed by atoms with Gasteiger partial charge in [-0.3, -0.25) is 0 Å². The number of nitrogens with zero attached hydrogens (tertiary/aromatic N) is 1. The molecule has 2 heterocycles. The van der Waals surface area contributed by atoms with Crippen LogP contribution in [0.2, 0.25) is 4.34 Å². The first kappa shape index (κ1) is 15.3. The summed E-state index contributed by atoms with van der Waals surface area (Å²) in [6.45, 7) is 5.24. The number of piperidine rings is 1. The molecule has 7 heteroatoms. The highest BCUT2D eigenvalue weighted by molar-refractivity contribution is 7.91. The SMILES string of the molecule is CCNCC1CCN(S(=O)(=O)c2ccc(Cl)s2)CC1. The van der Waals surface area contributed by atoms with Crippen molar-refractivity contribution < 1.29 is 8.42 Å². The molecule has 1 N–H and O–H groups in total. The molecule has 0 bridgehead atoms. The molecule has 0 aliphatic carbocycles. The summed E-state index contributed by atoms with van der Waals surface area (Å²) in [6.07, 6.45) is 1.84. The smallest absolute Gasteiger partial charge is 0.252 e. The third-order valence-electron chi connectivity index (χ3n) is 3.40. The van der Waals surface area contributed by atoms with Crippen molar-refractivity contribution in [2.75, 3.05) is 26.2 Å². The Kier molecular flexibility index (Phi) is 5.25. The predicted molar refractivity (Wildman–Crippen MR) is 79.4 cm³/mol. The molecule has 0 amide bonds. The standard InChI is InChI=1S/C12H19ClN2O2S2/c1-2-14-9-10-5-7-15(8-6-10)19(16,17)12-4-3-11(13)18-12/h3-4,10,14H,2,5-9H2,1H3. The third kappa shape index (κ3) is 3.70. The monoisotopic (exact) mass is 322 g/mol. The molecule has 0 atom stereocenters. The second-order valence-corrected chi connectivity index (χ2v) is 8.59. The Hall–Kier alpha value is -0.140. The number of nitrogens with one attached hydrogen (secondary N) is 1. The Bertz CT molecular complexity index is 508. The van der Waals surface area contributed by atoms with Gasteiger partial charge in [0.1, 0.15) is 4.21 Å². The largest absolute Gasteiger partial charge is 0.317 e. The molecule has 1 aliphatic heterocycles. The van der Waals surface area contributed by atoms with Crippen molar-refractivity contribution in [3.05, 3.63) is 16.5 Å². The molecule has 0 aromatic carbocycles. The van der Waals surface area contributed by atoms with Crippen LogP contribution >= 0.6 is 22.9 Å². The van der Waals surface area contributed by atoms with Crippen molar-refractivity contribution in [1.29, 1.82) is 0 Å². The Morgan fingerprint density at radius 1 is 1.42 bits per heavy atom. The number of hydrogen-bond acceptors (Lipinski definition) is 4. The topological polar surface area (TPSA) is 49.4 Å². The molecule has 2 rings (SSSR count). The molecule has 0 saturated carbocycles. The van der Waals surface area contributed by atoms with Crippen molar-refractivity contribution in [2.24, 2.45) is 5.92 Å². The summed E-state index contributed by atoms with van der Waals surface area (Å²) in [5.74, 6) is 0.582. The van der Waals surface area contributed by atoms with Gasteiger partial charge in [-0.05, 0) is 44.0 Å². The van der Waals surface area contributed by atoms with Gasteiger partial charge < -0.3 is 5.32 Å². The molecule has 0 spiro atoms. The van der Waals surface area contributed by atoms with Crippen LogP contribution < -0.4 is 5.32 Å². The summed E-state index contributed by atoms with van der Waals surface area (Å²) in [5.41, 5.74) is 0. The van der Waals surface area contributed by atoms with Gasteiger partial charge >= 0.3 is 0 Å².